The normalized spacial score (nSPS) is 10.4. The average molecular weight is 264 g/mol. The van der Waals surface area contributed by atoms with Gasteiger partial charge in [0.2, 0.25) is 5.91 Å². The summed E-state index contributed by atoms with van der Waals surface area (Å²) in [7, 11) is 1.61. The molecule has 19 heavy (non-hydrogen) atoms. The molecule has 0 radical (unpaired) electrons. The van der Waals surface area contributed by atoms with E-state index in [4.69, 9.17) is 5.11 Å². The zero-order valence-corrected chi connectivity index (χ0v) is 11.1. The summed E-state index contributed by atoms with van der Waals surface area (Å²) in [6.45, 7) is 0.587. The second-order valence-electron chi connectivity index (χ2n) is 4.51. The summed E-state index contributed by atoms with van der Waals surface area (Å²) in [4.78, 5) is 23.4. The Labute approximate surface area is 113 Å². The lowest BCUT2D eigenvalue weighted by atomic mass is 10.1. The Bertz CT molecular complexity index is 406. The molecule has 0 atom stereocenters. The first-order valence-corrected chi connectivity index (χ1v) is 6.29. The molecule has 0 heterocycles. The molecule has 0 bridgehead atoms. The van der Waals surface area contributed by atoms with Crippen LogP contribution in [0.4, 0.5) is 0 Å². The SMILES string of the molecule is CN(CC(=O)O)CC(=O)NCCCc1ccccc1. The molecule has 0 fully saturated rings. The lowest BCUT2D eigenvalue weighted by Crippen LogP contribution is -2.37. The third kappa shape index (κ3) is 7.21. The van der Waals surface area contributed by atoms with Gasteiger partial charge in [-0.3, -0.25) is 14.5 Å². The molecule has 1 aromatic carbocycles. The number of carboxylic acids is 1. The molecule has 1 amide bonds. The highest BCUT2D eigenvalue weighted by atomic mass is 16.4. The minimum atomic E-state index is -0.931. The van der Waals surface area contributed by atoms with Crippen LogP contribution in [0.15, 0.2) is 30.3 Å². The summed E-state index contributed by atoms with van der Waals surface area (Å²) in [6.07, 6.45) is 1.80. The lowest BCUT2D eigenvalue weighted by Gasteiger charge is -2.13. The molecule has 0 unspecified atom stereocenters. The highest BCUT2D eigenvalue weighted by Crippen LogP contribution is 2.01. The topological polar surface area (TPSA) is 69.6 Å². The van der Waals surface area contributed by atoms with Crippen LogP contribution in [0.5, 0.6) is 0 Å². The van der Waals surface area contributed by atoms with Gasteiger partial charge in [0.15, 0.2) is 0 Å². The van der Waals surface area contributed by atoms with E-state index in [0.29, 0.717) is 6.54 Å². The molecule has 0 aliphatic heterocycles. The molecule has 1 rings (SSSR count). The van der Waals surface area contributed by atoms with Crippen molar-refractivity contribution in [2.45, 2.75) is 12.8 Å². The number of rotatable bonds is 8. The van der Waals surface area contributed by atoms with E-state index in [-0.39, 0.29) is 19.0 Å². The second-order valence-corrected chi connectivity index (χ2v) is 4.51. The van der Waals surface area contributed by atoms with Crippen LogP contribution in [-0.4, -0.2) is 48.6 Å². The van der Waals surface area contributed by atoms with Crippen LogP contribution < -0.4 is 5.32 Å². The number of nitrogens with one attached hydrogen (secondary N) is 1. The number of hydrogen-bond acceptors (Lipinski definition) is 3. The maximum absolute atomic E-state index is 11.5. The minimum absolute atomic E-state index is 0.109. The molecular formula is C14H20N2O3. The van der Waals surface area contributed by atoms with E-state index < -0.39 is 5.97 Å². The molecule has 0 saturated heterocycles. The van der Waals surface area contributed by atoms with Crippen LogP contribution in [0.3, 0.4) is 0 Å². The van der Waals surface area contributed by atoms with Crippen molar-refractivity contribution in [2.24, 2.45) is 0 Å². The number of aliphatic carboxylic acids is 1. The van der Waals surface area contributed by atoms with Crippen molar-refractivity contribution in [2.75, 3.05) is 26.7 Å². The summed E-state index contributed by atoms with van der Waals surface area (Å²) in [5.74, 6) is -1.07. The van der Waals surface area contributed by atoms with Crippen molar-refractivity contribution in [3.05, 3.63) is 35.9 Å². The van der Waals surface area contributed by atoms with E-state index in [2.05, 4.69) is 17.4 Å². The summed E-state index contributed by atoms with van der Waals surface area (Å²) in [5.41, 5.74) is 1.25. The maximum atomic E-state index is 11.5. The third-order valence-electron chi connectivity index (χ3n) is 2.63. The van der Waals surface area contributed by atoms with Gasteiger partial charge in [-0.1, -0.05) is 30.3 Å². The van der Waals surface area contributed by atoms with Crippen LogP contribution in [0.1, 0.15) is 12.0 Å². The number of carbonyl (C=O) groups excluding carboxylic acids is 1. The third-order valence-corrected chi connectivity index (χ3v) is 2.63. The Morgan fingerprint density at radius 2 is 1.89 bits per heavy atom. The van der Waals surface area contributed by atoms with Crippen molar-refractivity contribution in [1.29, 1.82) is 0 Å². The Hall–Kier alpha value is -1.88. The number of carbonyl (C=O) groups is 2. The van der Waals surface area contributed by atoms with Gasteiger partial charge in [-0.05, 0) is 25.5 Å². The van der Waals surface area contributed by atoms with Gasteiger partial charge >= 0.3 is 5.97 Å². The van der Waals surface area contributed by atoms with E-state index >= 15 is 0 Å². The average Bonchev–Trinajstić information content (AvgIpc) is 2.35. The highest BCUT2D eigenvalue weighted by Gasteiger charge is 2.08. The van der Waals surface area contributed by atoms with E-state index in [9.17, 15) is 9.59 Å². The van der Waals surface area contributed by atoms with Crippen molar-refractivity contribution in [1.82, 2.24) is 10.2 Å². The molecule has 1 aromatic rings. The number of aryl methyl sites for hydroxylation is 1. The predicted molar refractivity (Wildman–Crippen MR) is 72.9 cm³/mol. The zero-order valence-electron chi connectivity index (χ0n) is 11.1. The standard InChI is InChI=1S/C14H20N2O3/c1-16(11-14(18)19)10-13(17)15-9-5-8-12-6-3-2-4-7-12/h2-4,6-7H,5,8-11H2,1H3,(H,15,17)(H,18,19). The first kappa shape index (κ1) is 15.2. The monoisotopic (exact) mass is 264 g/mol. The van der Waals surface area contributed by atoms with E-state index in [1.165, 1.54) is 10.5 Å². The molecule has 0 aliphatic carbocycles. The molecule has 5 nitrogen and oxygen atoms in total. The van der Waals surface area contributed by atoms with Gasteiger partial charge in [-0.15, -0.1) is 0 Å². The van der Waals surface area contributed by atoms with Crippen molar-refractivity contribution < 1.29 is 14.7 Å². The van der Waals surface area contributed by atoms with Crippen LogP contribution in [0.2, 0.25) is 0 Å². The number of carboxylic acid groups (broad SMARTS) is 1. The number of amides is 1. The molecule has 0 aliphatic rings. The van der Waals surface area contributed by atoms with Crippen molar-refractivity contribution >= 4 is 11.9 Å². The first-order chi connectivity index (χ1) is 9.08. The molecule has 5 heteroatoms. The van der Waals surface area contributed by atoms with Gasteiger partial charge in [0, 0.05) is 6.54 Å². The van der Waals surface area contributed by atoms with Crippen LogP contribution in [0, 0.1) is 0 Å². The Balaban J connectivity index is 2.12. The van der Waals surface area contributed by atoms with E-state index in [0.717, 1.165) is 12.8 Å². The molecule has 2 N–H and O–H groups in total. The van der Waals surface area contributed by atoms with Crippen molar-refractivity contribution in [3.8, 4) is 0 Å². The highest BCUT2D eigenvalue weighted by molar-refractivity contribution is 5.78. The predicted octanol–water partition coefficient (Wildman–Crippen LogP) is 0.752. The van der Waals surface area contributed by atoms with Crippen molar-refractivity contribution in [3.63, 3.8) is 0 Å². The fourth-order valence-electron chi connectivity index (χ4n) is 1.75. The summed E-state index contributed by atoms with van der Waals surface area (Å²) in [6, 6.07) is 10.1. The molecular weight excluding hydrogens is 244 g/mol. The molecule has 0 saturated carbocycles. The van der Waals surface area contributed by atoms with E-state index in [1.54, 1.807) is 7.05 Å². The van der Waals surface area contributed by atoms with Gasteiger partial charge in [-0.2, -0.15) is 0 Å². The maximum Gasteiger partial charge on any atom is 0.317 e. The smallest absolute Gasteiger partial charge is 0.317 e. The fraction of sp³-hybridized carbons (Fsp3) is 0.429. The van der Waals surface area contributed by atoms with Crippen LogP contribution >= 0.6 is 0 Å². The minimum Gasteiger partial charge on any atom is -0.480 e. The lowest BCUT2D eigenvalue weighted by molar-refractivity contribution is -0.138. The van der Waals surface area contributed by atoms with Crippen LogP contribution in [-0.2, 0) is 16.0 Å². The number of benzene rings is 1. The zero-order chi connectivity index (χ0) is 14.1. The molecule has 0 spiro atoms. The largest absolute Gasteiger partial charge is 0.480 e. The van der Waals surface area contributed by atoms with Crippen LogP contribution in [0.25, 0.3) is 0 Å². The van der Waals surface area contributed by atoms with Gasteiger partial charge in [0.05, 0.1) is 13.1 Å². The van der Waals surface area contributed by atoms with Gasteiger partial charge < -0.3 is 10.4 Å². The molecule has 104 valence electrons. The van der Waals surface area contributed by atoms with Gasteiger partial charge in [0.1, 0.15) is 0 Å². The number of hydrogen-bond donors (Lipinski definition) is 2. The fourth-order valence-corrected chi connectivity index (χ4v) is 1.75. The Morgan fingerprint density at radius 3 is 2.53 bits per heavy atom. The Kier molecular flexibility index (Phi) is 6.60. The first-order valence-electron chi connectivity index (χ1n) is 6.29. The summed E-state index contributed by atoms with van der Waals surface area (Å²) >= 11 is 0. The van der Waals surface area contributed by atoms with Gasteiger partial charge in [-0.25, -0.2) is 0 Å². The van der Waals surface area contributed by atoms with E-state index in [1.807, 2.05) is 18.2 Å². The summed E-state index contributed by atoms with van der Waals surface area (Å²) in [5, 5.41) is 11.3. The number of nitrogens with zero attached hydrogens (tertiary/aromatic N) is 1. The quantitative estimate of drug-likeness (QED) is 0.680. The van der Waals surface area contributed by atoms with Gasteiger partial charge in [0.25, 0.3) is 0 Å². The number of likely N-dealkylation sites (N-methyl/N-ethyl adjacent to an activating group) is 1. The second kappa shape index (κ2) is 8.26. The molecule has 0 aromatic heterocycles. The summed E-state index contributed by atoms with van der Waals surface area (Å²) < 4.78 is 0. The Morgan fingerprint density at radius 1 is 1.21 bits per heavy atom.